The average Bonchev–Trinajstić information content (AvgIpc) is 3.62. The molecule has 0 aliphatic heterocycles. The van der Waals surface area contributed by atoms with Crippen molar-refractivity contribution in [2.75, 3.05) is 30.0 Å². The van der Waals surface area contributed by atoms with E-state index in [2.05, 4.69) is 30.6 Å². The summed E-state index contributed by atoms with van der Waals surface area (Å²) in [5.74, 6) is -0.258. The number of hydrogen-bond acceptors (Lipinski definition) is 14. The van der Waals surface area contributed by atoms with Gasteiger partial charge in [-0.05, 0) is 37.0 Å². The standard InChI is InChI=1S/C30H35ClF2N8O5S2/c1-3-9-47-29-35-25(31)24(44)28(38-29)46-8-7-45-20-13-19(22(42)23(20)43)41-27-21(39-40-41)26(36-30(37-27)48-10-4-2)34-18-12-15(18)14-5-6-16(32)17(33)11-14/h5-6,11,15,18-20,22-23,42-44H,3-4,7-10,12-13H2,1-2H3,(H,34,36,37). The SMILES string of the molecule is CCCSc1nc(Cl)c(O)c(OCCOC2CC(n3nnc4c(NC5CC5c5ccc(F)c(F)c5)nc(SCCC)nc43)C(O)C2O)n1. The molecule has 0 radical (unpaired) electrons. The fourth-order valence-corrected chi connectivity index (χ4v) is 7.09. The third-order valence-electron chi connectivity index (χ3n) is 8.01. The number of halogens is 3. The van der Waals surface area contributed by atoms with Crippen molar-refractivity contribution in [1.29, 1.82) is 0 Å². The Hall–Kier alpha value is -3.09. The molecule has 0 saturated heterocycles. The van der Waals surface area contributed by atoms with Gasteiger partial charge in [-0.2, -0.15) is 4.98 Å². The highest BCUT2D eigenvalue weighted by Gasteiger charge is 2.45. The van der Waals surface area contributed by atoms with E-state index in [0.29, 0.717) is 39.3 Å². The summed E-state index contributed by atoms with van der Waals surface area (Å²) in [6.07, 6.45) is -0.526. The molecule has 0 bridgehead atoms. The van der Waals surface area contributed by atoms with Crippen LogP contribution >= 0.6 is 35.1 Å². The van der Waals surface area contributed by atoms with Crippen LogP contribution in [-0.4, -0.2) is 99.3 Å². The summed E-state index contributed by atoms with van der Waals surface area (Å²) < 4.78 is 40.3. The molecule has 6 unspecified atom stereocenters. The van der Waals surface area contributed by atoms with Crippen molar-refractivity contribution >= 4 is 52.1 Å². The Morgan fingerprint density at radius 3 is 2.46 bits per heavy atom. The topological polar surface area (TPSA) is 173 Å². The van der Waals surface area contributed by atoms with E-state index in [4.69, 9.17) is 26.1 Å². The molecule has 1 aromatic carbocycles. The van der Waals surface area contributed by atoms with Crippen molar-refractivity contribution < 1.29 is 33.6 Å². The number of anilines is 1. The molecule has 2 saturated carbocycles. The van der Waals surface area contributed by atoms with Crippen molar-refractivity contribution in [3.8, 4) is 11.6 Å². The molecule has 3 heterocycles. The Morgan fingerprint density at radius 2 is 1.73 bits per heavy atom. The molecule has 2 aliphatic rings. The van der Waals surface area contributed by atoms with Gasteiger partial charge in [-0.25, -0.2) is 28.4 Å². The summed E-state index contributed by atoms with van der Waals surface area (Å²) in [5, 5.41) is 44.9. The molecule has 6 rings (SSSR count). The number of nitrogens with zero attached hydrogens (tertiary/aromatic N) is 7. The quantitative estimate of drug-likeness (QED) is 0.0572. The summed E-state index contributed by atoms with van der Waals surface area (Å²) in [7, 11) is 0. The molecule has 0 amide bonds. The van der Waals surface area contributed by atoms with Gasteiger partial charge in [0.05, 0.1) is 18.8 Å². The number of ether oxygens (including phenoxy) is 2. The Bertz CT molecular complexity index is 1760. The summed E-state index contributed by atoms with van der Waals surface area (Å²) in [6, 6.07) is 3.13. The van der Waals surface area contributed by atoms with Crippen LogP contribution in [-0.2, 0) is 4.74 Å². The highest BCUT2D eigenvalue weighted by Crippen LogP contribution is 2.44. The van der Waals surface area contributed by atoms with Crippen LogP contribution in [0.15, 0.2) is 28.5 Å². The normalized spacial score (nSPS) is 23.6. The zero-order chi connectivity index (χ0) is 33.9. The maximum absolute atomic E-state index is 13.9. The molecule has 4 aromatic rings. The molecular formula is C30H35ClF2N8O5S2. The highest BCUT2D eigenvalue weighted by molar-refractivity contribution is 7.99. The van der Waals surface area contributed by atoms with E-state index >= 15 is 0 Å². The van der Waals surface area contributed by atoms with Crippen molar-refractivity contribution in [2.24, 2.45) is 0 Å². The van der Waals surface area contributed by atoms with Crippen molar-refractivity contribution in [2.45, 2.75) is 86.2 Å². The zero-order valence-corrected chi connectivity index (χ0v) is 28.5. The second-order valence-electron chi connectivity index (χ2n) is 11.5. The zero-order valence-electron chi connectivity index (χ0n) is 26.1. The van der Waals surface area contributed by atoms with Crippen LogP contribution in [0.3, 0.4) is 0 Å². The number of aliphatic hydroxyl groups excluding tert-OH is 2. The summed E-state index contributed by atoms with van der Waals surface area (Å²) >= 11 is 8.88. The Morgan fingerprint density at radius 1 is 0.979 bits per heavy atom. The highest BCUT2D eigenvalue weighted by atomic mass is 35.5. The van der Waals surface area contributed by atoms with Crippen LogP contribution < -0.4 is 10.1 Å². The molecule has 13 nitrogen and oxygen atoms in total. The smallest absolute Gasteiger partial charge is 0.262 e. The first kappa shape index (κ1) is 34.8. The lowest BCUT2D eigenvalue weighted by molar-refractivity contribution is -0.0617. The average molecular weight is 725 g/mol. The Kier molecular flexibility index (Phi) is 11.0. The van der Waals surface area contributed by atoms with Crippen LogP contribution in [0.2, 0.25) is 5.15 Å². The maximum atomic E-state index is 13.9. The van der Waals surface area contributed by atoms with Gasteiger partial charge >= 0.3 is 0 Å². The van der Waals surface area contributed by atoms with Crippen molar-refractivity contribution in [3.05, 3.63) is 40.6 Å². The first-order chi connectivity index (χ1) is 23.2. The first-order valence-electron chi connectivity index (χ1n) is 15.6. The van der Waals surface area contributed by atoms with Gasteiger partial charge in [-0.3, -0.25) is 0 Å². The van der Waals surface area contributed by atoms with Gasteiger partial charge in [0, 0.05) is 29.9 Å². The van der Waals surface area contributed by atoms with Gasteiger partial charge in [-0.1, -0.05) is 60.3 Å². The number of fused-ring (bicyclic) bond motifs is 1. The molecule has 18 heteroatoms. The van der Waals surface area contributed by atoms with E-state index in [1.807, 2.05) is 13.8 Å². The molecule has 6 atom stereocenters. The molecule has 2 aliphatic carbocycles. The Balaban J connectivity index is 1.14. The number of rotatable bonds is 15. The van der Waals surface area contributed by atoms with E-state index in [0.717, 1.165) is 30.4 Å². The van der Waals surface area contributed by atoms with Crippen LogP contribution in [0, 0.1) is 11.6 Å². The number of aromatic nitrogens is 7. The van der Waals surface area contributed by atoms with E-state index in [-0.39, 0.29) is 48.4 Å². The first-order valence-corrected chi connectivity index (χ1v) is 18.0. The lowest BCUT2D eigenvalue weighted by Crippen LogP contribution is -2.33. The van der Waals surface area contributed by atoms with E-state index in [9.17, 15) is 24.1 Å². The van der Waals surface area contributed by atoms with Crippen LogP contribution in [0.25, 0.3) is 11.2 Å². The number of hydrogen-bond donors (Lipinski definition) is 4. The van der Waals surface area contributed by atoms with Gasteiger partial charge in [0.1, 0.15) is 18.8 Å². The molecule has 0 spiro atoms. The number of aromatic hydroxyl groups is 1. The fourth-order valence-electron chi connectivity index (χ4n) is 5.50. The van der Waals surface area contributed by atoms with E-state index in [1.54, 1.807) is 6.07 Å². The molecule has 48 heavy (non-hydrogen) atoms. The molecule has 2 fully saturated rings. The van der Waals surface area contributed by atoms with Crippen LogP contribution in [0.4, 0.5) is 14.6 Å². The van der Waals surface area contributed by atoms with Crippen LogP contribution in [0.5, 0.6) is 11.6 Å². The monoisotopic (exact) mass is 724 g/mol. The number of aliphatic hydroxyl groups is 2. The molecular weight excluding hydrogens is 690 g/mol. The third kappa shape index (κ3) is 7.55. The maximum Gasteiger partial charge on any atom is 0.262 e. The molecule has 3 aromatic heterocycles. The predicted octanol–water partition coefficient (Wildman–Crippen LogP) is 4.75. The Labute approximate surface area is 288 Å². The van der Waals surface area contributed by atoms with E-state index in [1.165, 1.54) is 34.3 Å². The second-order valence-corrected chi connectivity index (χ2v) is 14.0. The van der Waals surface area contributed by atoms with Gasteiger partial charge in [0.15, 0.2) is 44.1 Å². The van der Waals surface area contributed by atoms with Gasteiger partial charge in [-0.15, -0.1) is 5.10 Å². The second kappa shape index (κ2) is 15.2. The fraction of sp³-hybridized carbons (Fsp3) is 0.533. The van der Waals surface area contributed by atoms with Crippen molar-refractivity contribution in [3.63, 3.8) is 0 Å². The number of benzene rings is 1. The van der Waals surface area contributed by atoms with Crippen LogP contribution in [0.1, 0.15) is 57.1 Å². The summed E-state index contributed by atoms with van der Waals surface area (Å²) in [5.41, 5.74) is 1.45. The predicted molar refractivity (Wildman–Crippen MR) is 176 cm³/mol. The molecule has 4 N–H and O–H groups in total. The third-order valence-corrected chi connectivity index (χ3v) is 10.4. The van der Waals surface area contributed by atoms with Gasteiger partial charge in [0.25, 0.3) is 5.88 Å². The van der Waals surface area contributed by atoms with Gasteiger partial charge in [0.2, 0.25) is 5.75 Å². The van der Waals surface area contributed by atoms with Crippen molar-refractivity contribution in [1.82, 2.24) is 34.9 Å². The molecule has 258 valence electrons. The van der Waals surface area contributed by atoms with Gasteiger partial charge < -0.3 is 30.1 Å². The summed E-state index contributed by atoms with van der Waals surface area (Å²) in [4.78, 5) is 17.6. The lowest BCUT2D eigenvalue weighted by Gasteiger charge is -2.17. The minimum Gasteiger partial charge on any atom is -0.501 e. The lowest BCUT2D eigenvalue weighted by atomic mass is 10.1. The summed E-state index contributed by atoms with van der Waals surface area (Å²) in [6.45, 7) is 4.07. The number of thioether (sulfide) groups is 2. The van der Waals surface area contributed by atoms with E-state index < -0.39 is 36.0 Å². The minimum absolute atomic E-state index is 0.0119. The largest absolute Gasteiger partial charge is 0.501 e. The number of nitrogens with one attached hydrogen (secondary N) is 1. The minimum atomic E-state index is -1.23.